The van der Waals surface area contributed by atoms with Gasteiger partial charge in [-0.25, -0.2) is 13.1 Å². The molecule has 1 unspecified atom stereocenters. The van der Waals surface area contributed by atoms with Gasteiger partial charge in [-0.05, 0) is 30.5 Å². The van der Waals surface area contributed by atoms with Crippen molar-refractivity contribution in [3.8, 4) is 0 Å². The van der Waals surface area contributed by atoms with E-state index in [1.807, 2.05) is 20.8 Å². The number of nitrogens with two attached hydrogens (primary N) is 2. The Kier molecular flexibility index (Phi) is 4.45. The van der Waals surface area contributed by atoms with Gasteiger partial charge in [-0.15, -0.1) is 0 Å². The molecule has 0 heterocycles. The summed E-state index contributed by atoms with van der Waals surface area (Å²) in [6.45, 7) is 7.57. The van der Waals surface area contributed by atoms with E-state index >= 15 is 0 Å². The summed E-state index contributed by atoms with van der Waals surface area (Å²) < 4.78 is 27.1. The molecule has 20 heavy (non-hydrogen) atoms. The molecule has 1 amide bonds. The van der Waals surface area contributed by atoms with Gasteiger partial charge in [-0.2, -0.15) is 0 Å². The summed E-state index contributed by atoms with van der Waals surface area (Å²) in [5.41, 5.74) is 10.8. The largest absolute Gasteiger partial charge is 0.398 e. The van der Waals surface area contributed by atoms with E-state index in [2.05, 4.69) is 4.72 Å². The Morgan fingerprint density at radius 1 is 1.30 bits per heavy atom. The molecule has 1 aromatic rings. The number of nitrogen functional groups attached to an aromatic ring is 1. The van der Waals surface area contributed by atoms with Crippen LogP contribution in [0.2, 0.25) is 0 Å². The van der Waals surface area contributed by atoms with Crippen molar-refractivity contribution < 1.29 is 13.2 Å². The molecule has 1 rings (SSSR count). The highest BCUT2D eigenvalue weighted by Gasteiger charge is 2.27. The van der Waals surface area contributed by atoms with Crippen LogP contribution in [-0.4, -0.2) is 20.4 Å². The van der Waals surface area contributed by atoms with Crippen LogP contribution < -0.4 is 16.2 Å². The van der Waals surface area contributed by atoms with Crippen molar-refractivity contribution in [2.24, 2.45) is 11.1 Å². The third kappa shape index (κ3) is 3.71. The first-order valence-corrected chi connectivity index (χ1v) is 7.65. The highest BCUT2D eigenvalue weighted by Crippen LogP contribution is 2.24. The van der Waals surface area contributed by atoms with Gasteiger partial charge < -0.3 is 11.5 Å². The topological polar surface area (TPSA) is 115 Å². The highest BCUT2D eigenvalue weighted by atomic mass is 32.2. The lowest BCUT2D eigenvalue weighted by atomic mass is 9.89. The summed E-state index contributed by atoms with van der Waals surface area (Å²) >= 11 is 0. The molecule has 6 nitrogen and oxygen atoms in total. The quantitative estimate of drug-likeness (QED) is 0.721. The molecular formula is C13H21N3O3S. The van der Waals surface area contributed by atoms with Crippen LogP contribution in [0.5, 0.6) is 0 Å². The van der Waals surface area contributed by atoms with E-state index in [1.54, 1.807) is 6.92 Å². The summed E-state index contributed by atoms with van der Waals surface area (Å²) in [6, 6.07) is 3.61. The maximum absolute atomic E-state index is 12.3. The number of amides is 1. The Balaban J connectivity index is 3.14. The minimum absolute atomic E-state index is 0.00471. The number of carbonyl (C=O) groups excluding carboxylic acids is 1. The molecule has 0 aliphatic carbocycles. The molecule has 1 aromatic carbocycles. The Bertz CT molecular complexity index is 618. The van der Waals surface area contributed by atoms with Crippen LogP contribution in [0.1, 0.15) is 38.1 Å². The molecule has 0 aliphatic rings. The molecule has 0 aliphatic heterocycles. The Morgan fingerprint density at radius 2 is 1.85 bits per heavy atom. The molecule has 5 N–H and O–H groups in total. The Hall–Kier alpha value is -1.60. The van der Waals surface area contributed by atoms with E-state index in [9.17, 15) is 13.2 Å². The average molecular weight is 299 g/mol. The molecular weight excluding hydrogens is 278 g/mol. The third-order valence-corrected chi connectivity index (χ3v) is 4.83. The summed E-state index contributed by atoms with van der Waals surface area (Å²) in [4.78, 5) is 11.0. The second-order valence-corrected chi connectivity index (χ2v) is 7.51. The zero-order valence-corrected chi connectivity index (χ0v) is 12.9. The van der Waals surface area contributed by atoms with Crippen LogP contribution in [0, 0.1) is 5.41 Å². The highest BCUT2D eigenvalue weighted by molar-refractivity contribution is 7.89. The number of anilines is 1. The molecule has 0 saturated heterocycles. The van der Waals surface area contributed by atoms with Crippen molar-refractivity contribution in [3.05, 3.63) is 23.8 Å². The minimum Gasteiger partial charge on any atom is -0.398 e. The van der Waals surface area contributed by atoms with Crippen molar-refractivity contribution in [2.75, 3.05) is 5.73 Å². The first kappa shape index (κ1) is 16.5. The number of nitrogens with one attached hydrogen (secondary N) is 1. The van der Waals surface area contributed by atoms with Crippen LogP contribution in [0.15, 0.2) is 23.1 Å². The second kappa shape index (κ2) is 5.41. The van der Waals surface area contributed by atoms with Crippen molar-refractivity contribution in [1.29, 1.82) is 0 Å². The molecule has 0 spiro atoms. The van der Waals surface area contributed by atoms with Gasteiger partial charge in [0.1, 0.15) is 4.90 Å². The molecule has 0 aromatic heterocycles. The lowest BCUT2D eigenvalue weighted by molar-refractivity contribution is 0.1000. The van der Waals surface area contributed by atoms with Crippen LogP contribution in [0.4, 0.5) is 5.69 Å². The molecule has 0 fully saturated rings. The number of benzene rings is 1. The van der Waals surface area contributed by atoms with Gasteiger partial charge in [-0.1, -0.05) is 20.8 Å². The van der Waals surface area contributed by atoms with E-state index in [0.717, 1.165) is 0 Å². The fourth-order valence-electron chi connectivity index (χ4n) is 1.42. The number of primary amides is 1. The average Bonchev–Trinajstić information content (AvgIpc) is 2.26. The summed E-state index contributed by atoms with van der Waals surface area (Å²) in [5, 5.41) is 0. The Morgan fingerprint density at radius 3 is 2.25 bits per heavy atom. The molecule has 0 radical (unpaired) electrons. The number of carbonyl (C=O) groups is 1. The number of sulfonamides is 1. The second-order valence-electron chi connectivity index (χ2n) is 5.83. The van der Waals surface area contributed by atoms with E-state index in [0.29, 0.717) is 0 Å². The SMILES string of the molecule is CC(NS(=O)(=O)c1ccc(C(N)=O)cc1N)C(C)(C)C. The van der Waals surface area contributed by atoms with Crippen molar-refractivity contribution in [1.82, 2.24) is 4.72 Å². The van der Waals surface area contributed by atoms with E-state index < -0.39 is 15.9 Å². The maximum atomic E-state index is 12.3. The first-order valence-electron chi connectivity index (χ1n) is 6.17. The lowest BCUT2D eigenvalue weighted by Crippen LogP contribution is -2.41. The number of rotatable bonds is 4. The Labute approximate surface area is 119 Å². The predicted molar refractivity (Wildman–Crippen MR) is 78.6 cm³/mol. The number of hydrogen-bond donors (Lipinski definition) is 3. The van der Waals surface area contributed by atoms with Gasteiger partial charge in [0.2, 0.25) is 15.9 Å². The molecule has 0 bridgehead atoms. The summed E-state index contributed by atoms with van der Waals surface area (Å²) in [5.74, 6) is -0.656. The minimum atomic E-state index is -3.74. The molecule has 112 valence electrons. The fourth-order valence-corrected chi connectivity index (χ4v) is 2.98. The normalized spacial score (nSPS) is 14.0. The van der Waals surface area contributed by atoms with E-state index in [4.69, 9.17) is 11.5 Å². The van der Waals surface area contributed by atoms with Gasteiger partial charge in [0.05, 0.1) is 5.69 Å². The fraction of sp³-hybridized carbons (Fsp3) is 0.462. The number of hydrogen-bond acceptors (Lipinski definition) is 4. The van der Waals surface area contributed by atoms with Crippen LogP contribution >= 0.6 is 0 Å². The van der Waals surface area contributed by atoms with E-state index in [1.165, 1.54) is 18.2 Å². The zero-order chi connectivity index (χ0) is 15.7. The molecule has 0 saturated carbocycles. The van der Waals surface area contributed by atoms with Crippen molar-refractivity contribution in [3.63, 3.8) is 0 Å². The lowest BCUT2D eigenvalue weighted by Gasteiger charge is -2.28. The monoisotopic (exact) mass is 299 g/mol. The smallest absolute Gasteiger partial charge is 0.248 e. The van der Waals surface area contributed by atoms with Crippen LogP contribution in [0.3, 0.4) is 0 Å². The summed E-state index contributed by atoms with van der Waals surface area (Å²) in [6.07, 6.45) is 0. The van der Waals surface area contributed by atoms with Crippen molar-refractivity contribution >= 4 is 21.6 Å². The zero-order valence-electron chi connectivity index (χ0n) is 12.1. The van der Waals surface area contributed by atoms with Gasteiger partial charge in [0.25, 0.3) is 0 Å². The predicted octanol–water partition coefficient (Wildman–Crippen LogP) is 1.08. The van der Waals surface area contributed by atoms with Crippen LogP contribution in [0.25, 0.3) is 0 Å². The first-order chi connectivity index (χ1) is 8.95. The molecule has 1 atom stereocenters. The van der Waals surface area contributed by atoms with Gasteiger partial charge >= 0.3 is 0 Å². The summed E-state index contributed by atoms with van der Waals surface area (Å²) in [7, 11) is -3.74. The third-order valence-electron chi connectivity index (χ3n) is 3.21. The maximum Gasteiger partial charge on any atom is 0.248 e. The van der Waals surface area contributed by atoms with E-state index in [-0.39, 0.29) is 27.6 Å². The molecule has 7 heteroatoms. The van der Waals surface area contributed by atoms with Gasteiger partial charge in [0, 0.05) is 11.6 Å². The van der Waals surface area contributed by atoms with Gasteiger partial charge in [0.15, 0.2) is 0 Å². The van der Waals surface area contributed by atoms with Gasteiger partial charge in [-0.3, -0.25) is 4.79 Å². The van der Waals surface area contributed by atoms with Crippen molar-refractivity contribution in [2.45, 2.75) is 38.6 Å². The van der Waals surface area contributed by atoms with Crippen LogP contribution in [-0.2, 0) is 10.0 Å². The standard InChI is InChI=1S/C13H21N3O3S/c1-8(13(2,3)4)16-20(18,19)11-6-5-9(12(15)17)7-10(11)14/h5-8,16H,14H2,1-4H3,(H2,15,17).